The van der Waals surface area contributed by atoms with Gasteiger partial charge >= 0.3 is 17.9 Å². The summed E-state index contributed by atoms with van der Waals surface area (Å²) in [4.78, 5) is 36.3. The molecule has 1 rings (SSSR count). The maximum Gasteiger partial charge on any atom is 0.320 e. The summed E-state index contributed by atoms with van der Waals surface area (Å²) in [6.07, 6.45) is -0.122. The summed E-state index contributed by atoms with van der Waals surface area (Å²) in [5.41, 5.74) is 0.670. The van der Waals surface area contributed by atoms with Gasteiger partial charge in [-0.05, 0) is 19.4 Å². The molecule has 0 spiro atoms. The van der Waals surface area contributed by atoms with E-state index >= 15 is 0 Å². The number of hydrogen-bond acceptors (Lipinski definition) is 6. The number of methoxy groups -OCH3 is 1. The Morgan fingerprint density at radius 3 is 1.91 bits per heavy atom. The minimum atomic E-state index is -1.21. The predicted molar refractivity (Wildman–Crippen MR) is 82.6 cm³/mol. The summed E-state index contributed by atoms with van der Waals surface area (Å²) in [5.74, 6) is -3.84. The third kappa shape index (κ3) is 5.39. The summed E-state index contributed by atoms with van der Waals surface area (Å²) in [6, 6.07) is 8.85. The Morgan fingerprint density at radius 2 is 1.48 bits per heavy atom. The highest BCUT2D eigenvalue weighted by molar-refractivity contribution is 5.96. The Hall–Kier alpha value is -2.37. The van der Waals surface area contributed by atoms with Crippen molar-refractivity contribution in [2.24, 2.45) is 5.92 Å². The Morgan fingerprint density at radius 1 is 0.957 bits per heavy atom. The van der Waals surface area contributed by atoms with Crippen LogP contribution in [0.3, 0.4) is 0 Å². The van der Waals surface area contributed by atoms with E-state index in [0.29, 0.717) is 5.56 Å². The molecule has 1 aromatic rings. The molecule has 0 N–H and O–H groups in total. The topological polar surface area (TPSA) is 78.9 Å². The lowest BCUT2D eigenvalue weighted by Crippen LogP contribution is -2.34. The largest absolute Gasteiger partial charge is 0.469 e. The number of benzene rings is 1. The van der Waals surface area contributed by atoms with Gasteiger partial charge in [0.25, 0.3) is 0 Å². The molecule has 23 heavy (non-hydrogen) atoms. The zero-order chi connectivity index (χ0) is 17.2. The summed E-state index contributed by atoms with van der Waals surface area (Å²) in [5, 5.41) is 0. The highest BCUT2D eigenvalue weighted by atomic mass is 16.6. The molecule has 0 aromatic heterocycles. The van der Waals surface area contributed by atoms with Crippen molar-refractivity contribution in [3.05, 3.63) is 35.9 Å². The fourth-order valence-electron chi connectivity index (χ4n) is 2.28. The fraction of sp³-hybridized carbons (Fsp3) is 0.471. The number of ether oxygens (including phenoxy) is 3. The second-order valence-electron chi connectivity index (χ2n) is 4.78. The van der Waals surface area contributed by atoms with E-state index in [4.69, 9.17) is 9.47 Å². The van der Waals surface area contributed by atoms with Crippen LogP contribution in [0.2, 0.25) is 0 Å². The number of rotatable bonds is 8. The maximum atomic E-state index is 12.3. The average molecular weight is 322 g/mol. The molecule has 6 heteroatoms. The van der Waals surface area contributed by atoms with Crippen LogP contribution >= 0.6 is 0 Å². The van der Waals surface area contributed by atoms with Crippen LogP contribution in [0, 0.1) is 5.92 Å². The van der Waals surface area contributed by atoms with Crippen LogP contribution in [-0.4, -0.2) is 38.2 Å². The van der Waals surface area contributed by atoms with Gasteiger partial charge in [-0.1, -0.05) is 30.3 Å². The van der Waals surface area contributed by atoms with Crippen molar-refractivity contribution in [3.8, 4) is 0 Å². The molecule has 0 saturated heterocycles. The van der Waals surface area contributed by atoms with Crippen molar-refractivity contribution in [1.29, 1.82) is 0 Å². The second-order valence-corrected chi connectivity index (χ2v) is 4.78. The van der Waals surface area contributed by atoms with Crippen molar-refractivity contribution in [1.82, 2.24) is 0 Å². The van der Waals surface area contributed by atoms with Gasteiger partial charge in [-0.2, -0.15) is 0 Å². The highest BCUT2D eigenvalue weighted by Crippen LogP contribution is 2.31. The molecule has 0 heterocycles. The van der Waals surface area contributed by atoms with E-state index in [1.807, 2.05) is 6.07 Å². The minimum absolute atomic E-state index is 0.122. The number of hydrogen-bond donors (Lipinski definition) is 0. The number of carbonyl (C=O) groups excluding carboxylic acids is 3. The van der Waals surface area contributed by atoms with Gasteiger partial charge < -0.3 is 14.2 Å². The molecule has 0 radical (unpaired) electrons. The van der Waals surface area contributed by atoms with E-state index in [1.54, 1.807) is 38.1 Å². The van der Waals surface area contributed by atoms with Crippen LogP contribution in [-0.2, 0) is 28.6 Å². The minimum Gasteiger partial charge on any atom is -0.469 e. The first-order valence-electron chi connectivity index (χ1n) is 7.50. The van der Waals surface area contributed by atoms with E-state index in [9.17, 15) is 14.4 Å². The van der Waals surface area contributed by atoms with Gasteiger partial charge in [0.05, 0.1) is 26.7 Å². The molecule has 126 valence electrons. The fourth-order valence-corrected chi connectivity index (χ4v) is 2.28. The Labute approximate surface area is 135 Å². The predicted octanol–water partition coefficient (Wildman–Crippen LogP) is 2.08. The normalized spacial score (nSPS) is 11.7. The molecule has 1 aromatic carbocycles. The highest BCUT2D eigenvalue weighted by Gasteiger charge is 2.39. The van der Waals surface area contributed by atoms with Crippen LogP contribution in [0.4, 0.5) is 0 Å². The van der Waals surface area contributed by atoms with Gasteiger partial charge in [0.15, 0.2) is 5.92 Å². The molecule has 0 unspecified atom stereocenters. The van der Waals surface area contributed by atoms with Gasteiger partial charge in [0, 0.05) is 5.92 Å². The average Bonchev–Trinajstić information content (AvgIpc) is 2.55. The van der Waals surface area contributed by atoms with Gasteiger partial charge in [-0.3, -0.25) is 14.4 Å². The standard InChI is InChI=1S/C17H22O6/c1-4-22-16(19)15(17(20)23-5-2)13(11-14(18)21-3)12-9-7-6-8-10-12/h6-10,13,15H,4-5,11H2,1-3H3/t13-/m0/s1. The lowest BCUT2D eigenvalue weighted by atomic mass is 9.83. The molecule has 0 fully saturated rings. The van der Waals surface area contributed by atoms with Crippen LogP contribution < -0.4 is 0 Å². The van der Waals surface area contributed by atoms with Crippen LogP contribution in [0.5, 0.6) is 0 Å². The van der Waals surface area contributed by atoms with Gasteiger partial charge in [-0.25, -0.2) is 0 Å². The molecule has 0 aliphatic rings. The van der Waals surface area contributed by atoms with Gasteiger partial charge in [0.2, 0.25) is 0 Å². The first kappa shape index (κ1) is 18.7. The quantitative estimate of drug-likeness (QED) is 0.414. The molecule has 1 atom stereocenters. The third-order valence-corrected chi connectivity index (χ3v) is 3.33. The summed E-state index contributed by atoms with van der Waals surface area (Å²) >= 11 is 0. The summed E-state index contributed by atoms with van der Waals surface area (Å²) in [7, 11) is 1.26. The Balaban J connectivity index is 3.21. The van der Waals surface area contributed by atoms with E-state index in [0.717, 1.165) is 0 Å². The van der Waals surface area contributed by atoms with Crippen molar-refractivity contribution < 1.29 is 28.6 Å². The van der Waals surface area contributed by atoms with Crippen molar-refractivity contribution >= 4 is 17.9 Å². The van der Waals surface area contributed by atoms with Gasteiger partial charge in [0.1, 0.15) is 0 Å². The van der Waals surface area contributed by atoms with E-state index < -0.39 is 29.7 Å². The monoisotopic (exact) mass is 322 g/mol. The van der Waals surface area contributed by atoms with E-state index in [-0.39, 0.29) is 19.6 Å². The number of carbonyl (C=O) groups is 3. The lowest BCUT2D eigenvalue weighted by Gasteiger charge is -2.23. The van der Waals surface area contributed by atoms with Crippen LogP contribution in [0.1, 0.15) is 31.7 Å². The molecular weight excluding hydrogens is 300 g/mol. The molecule has 0 aliphatic carbocycles. The van der Waals surface area contributed by atoms with E-state index in [1.165, 1.54) is 7.11 Å². The van der Waals surface area contributed by atoms with Crippen LogP contribution in [0.25, 0.3) is 0 Å². The van der Waals surface area contributed by atoms with Crippen molar-refractivity contribution in [2.45, 2.75) is 26.2 Å². The Bertz CT molecular complexity index is 507. The van der Waals surface area contributed by atoms with Crippen molar-refractivity contribution in [2.75, 3.05) is 20.3 Å². The zero-order valence-electron chi connectivity index (χ0n) is 13.6. The summed E-state index contributed by atoms with van der Waals surface area (Å²) in [6.45, 7) is 3.57. The molecular formula is C17H22O6. The second kappa shape index (κ2) is 9.61. The first-order chi connectivity index (χ1) is 11.0. The molecule has 0 saturated carbocycles. The molecule has 0 aliphatic heterocycles. The van der Waals surface area contributed by atoms with Crippen LogP contribution in [0.15, 0.2) is 30.3 Å². The lowest BCUT2D eigenvalue weighted by molar-refractivity contribution is -0.163. The van der Waals surface area contributed by atoms with Gasteiger partial charge in [-0.15, -0.1) is 0 Å². The Kier molecular flexibility index (Phi) is 7.80. The first-order valence-corrected chi connectivity index (χ1v) is 7.50. The molecule has 0 amide bonds. The maximum absolute atomic E-state index is 12.3. The van der Waals surface area contributed by atoms with Crippen molar-refractivity contribution in [3.63, 3.8) is 0 Å². The molecule has 0 bridgehead atoms. The molecule has 6 nitrogen and oxygen atoms in total. The SMILES string of the molecule is CCOC(=O)C(C(=O)OCC)[C@@H](CC(=O)OC)c1ccccc1. The van der Waals surface area contributed by atoms with E-state index in [2.05, 4.69) is 4.74 Å². The third-order valence-electron chi connectivity index (χ3n) is 3.33. The summed E-state index contributed by atoms with van der Waals surface area (Å²) < 4.78 is 14.7. The number of esters is 3. The smallest absolute Gasteiger partial charge is 0.320 e. The zero-order valence-corrected chi connectivity index (χ0v) is 13.6.